The summed E-state index contributed by atoms with van der Waals surface area (Å²) < 4.78 is 16.9. The lowest BCUT2D eigenvalue weighted by Gasteiger charge is -2.18. The van der Waals surface area contributed by atoms with Crippen molar-refractivity contribution in [3.8, 4) is 0 Å². The van der Waals surface area contributed by atoms with Crippen molar-refractivity contribution in [1.82, 2.24) is 0 Å². The van der Waals surface area contributed by atoms with Crippen LogP contribution in [-0.2, 0) is 28.6 Å². The van der Waals surface area contributed by atoms with Gasteiger partial charge in [-0.1, -0.05) is 279 Å². The third-order valence-electron chi connectivity index (χ3n) is 13.3. The summed E-state index contributed by atoms with van der Waals surface area (Å²) in [6.45, 7) is 11.4. The zero-order valence-corrected chi connectivity index (χ0v) is 43.2. The van der Waals surface area contributed by atoms with Gasteiger partial charge in [-0.2, -0.15) is 0 Å². The van der Waals surface area contributed by atoms with Crippen LogP contribution in [0.15, 0.2) is 0 Å². The Labute approximate surface area is 393 Å². The molecule has 0 heterocycles. The van der Waals surface area contributed by atoms with Crippen molar-refractivity contribution in [3.63, 3.8) is 0 Å². The molecule has 0 bridgehead atoms. The van der Waals surface area contributed by atoms with Crippen LogP contribution in [0.3, 0.4) is 0 Å². The van der Waals surface area contributed by atoms with E-state index >= 15 is 0 Å². The molecule has 0 aromatic heterocycles. The molecule has 0 aromatic rings. The molecule has 0 aliphatic heterocycles. The maximum Gasteiger partial charge on any atom is 0.306 e. The number of unbranched alkanes of at least 4 members (excludes halogenated alkanes) is 35. The molecule has 0 amide bonds. The van der Waals surface area contributed by atoms with Gasteiger partial charge in [-0.05, 0) is 31.1 Å². The van der Waals surface area contributed by atoms with Crippen molar-refractivity contribution in [2.75, 3.05) is 13.2 Å². The molecule has 2 atom stereocenters. The van der Waals surface area contributed by atoms with Crippen LogP contribution in [0, 0.1) is 11.8 Å². The Hall–Kier alpha value is -1.59. The fraction of sp³-hybridized carbons (Fsp3) is 0.947. The van der Waals surface area contributed by atoms with Gasteiger partial charge in [0, 0.05) is 19.3 Å². The summed E-state index contributed by atoms with van der Waals surface area (Å²) in [7, 11) is 0. The van der Waals surface area contributed by atoms with Gasteiger partial charge in [-0.15, -0.1) is 0 Å². The van der Waals surface area contributed by atoms with Gasteiger partial charge in [0.2, 0.25) is 0 Å². The Kier molecular flexibility index (Phi) is 48.6. The highest BCUT2D eigenvalue weighted by molar-refractivity contribution is 5.71. The van der Waals surface area contributed by atoms with Crippen molar-refractivity contribution in [2.24, 2.45) is 11.8 Å². The van der Waals surface area contributed by atoms with Crippen LogP contribution in [0.5, 0.6) is 0 Å². The topological polar surface area (TPSA) is 78.9 Å². The molecule has 0 saturated carbocycles. The van der Waals surface area contributed by atoms with E-state index in [1.54, 1.807) is 0 Å². The number of esters is 3. The maximum absolute atomic E-state index is 12.8. The minimum absolute atomic E-state index is 0.0633. The molecule has 0 rings (SSSR count). The molecule has 6 nitrogen and oxygen atoms in total. The fourth-order valence-electron chi connectivity index (χ4n) is 8.66. The van der Waals surface area contributed by atoms with E-state index in [1.807, 2.05) is 0 Å². The predicted octanol–water partition coefficient (Wildman–Crippen LogP) is 18.5. The molecule has 0 saturated heterocycles. The van der Waals surface area contributed by atoms with Crippen LogP contribution < -0.4 is 0 Å². The Bertz CT molecular complexity index is 964. The molecular formula is C57H110O6. The van der Waals surface area contributed by atoms with E-state index in [9.17, 15) is 14.4 Å². The molecule has 0 aliphatic carbocycles. The second kappa shape index (κ2) is 49.8. The van der Waals surface area contributed by atoms with Gasteiger partial charge in [0.15, 0.2) is 6.10 Å². The first-order valence-corrected chi connectivity index (χ1v) is 28.3. The van der Waals surface area contributed by atoms with Gasteiger partial charge >= 0.3 is 17.9 Å². The molecule has 0 radical (unpaired) electrons. The zero-order valence-electron chi connectivity index (χ0n) is 43.2. The SMILES string of the molecule is CCCCCCCCCCCCCCCCCCCCC(=O)OC[C@H](COC(=O)CCCCCCCCCCCCC(C)CC)OC(=O)CCCCCCCCCCCCC(C)C. The minimum atomic E-state index is -0.763. The summed E-state index contributed by atoms with van der Waals surface area (Å²) in [6.07, 6.45) is 52.3. The quantitative estimate of drug-likeness (QED) is 0.0344. The first-order valence-electron chi connectivity index (χ1n) is 28.3. The number of hydrogen-bond donors (Lipinski definition) is 0. The number of carbonyl (C=O) groups excluding carboxylic acids is 3. The molecule has 0 aromatic carbocycles. The summed E-state index contributed by atoms with van der Waals surface area (Å²) in [5, 5.41) is 0. The van der Waals surface area contributed by atoms with Crippen molar-refractivity contribution in [1.29, 1.82) is 0 Å². The lowest BCUT2D eigenvalue weighted by atomic mass is 9.99. The van der Waals surface area contributed by atoms with Gasteiger partial charge < -0.3 is 14.2 Å². The molecule has 1 unspecified atom stereocenters. The van der Waals surface area contributed by atoms with E-state index in [1.165, 1.54) is 205 Å². The summed E-state index contributed by atoms with van der Waals surface area (Å²) in [6, 6.07) is 0. The van der Waals surface area contributed by atoms with Gasteiger partial charge in [-0.3, -0.25) is 14.4 Å². The van der Waals surface area contributed by atoms with Crippen molar-refractivity contribution in [3.05, 3.63) is 0 Å². The van der Waals surface area contributed by atoms with Crippen LogP contribution in [0.2, 0.25) is 0 Å². The Morgan fingerprint density at radius 3 is 0.905 bits per heavy atom. The predicted molar refractivity (Wildman–Crippen MR) is 270 cm³/mol. The lowest BCUT2D eigenvalue weighted by Crippen LogP contribution is -2.30. The van der Waals surface area contributed by atoms with Crippen LogP contribution in [0.1, 0.15) is 317 Å². The lowest BCUT2D eigenvalue weighted by molar-refractivity contribution is -0.167. The standard InChI is InChI=1S/C57H110O6/c1-6-8-9-10-11-12-13-14-15-16-17-18-19-20-27-32-37-42-47-55(58)61-50-54(63-57(60)49-44-39-34-29-23-21-25-30-35-40-45-52(3)4)51-62-56(59)48-43-38-33-28-24-22-26-31-36-41-46-53(5)7-2/h52-54H,6-51H2,1-5H3/t53?,54-/m1/s1. The normalized spacial score (nSPS) is 12.5. The molecule has 0 spiro atoms. The van der Waals surface area contributed by atoms with Crippen molar-refractivity contribution >= 4 is 17.9 Å². The highest BCUT2D eigenvalue weighted by Gasteiger charge is 2.19. The Morgan fingerprint density at radius 1 is 0.333 bits per heavy atom. The Morgan fingerprint density at radius 2 is 0.603 bits per heavy atom. The van der Waals surface area contributed by atoms with E-state index in [0.29, 0.717) is 19.3 Å². The second-order valence-electron chi connectivity index (χ2n) is 20.3. The molecule has 63 heavy (non-hydrogen) atoms. The van der Waals surface area contributed by atoms with Crippen LogP contribution in [0.4, 0.5) is 0 Å². The highest BCUT2D eigenvalue weighted by atomic mass is 16.6. The third kappa shape index (κ3) is 49.7. The summed E-state index contributed by atoms with van der Waals surface area (Å²) in [5.74, 6) is 0.843. The van der Waals surface area contributed by atoms with Crippen LogP contribution in [-0.4, -0.2) is 37.2 Å². The van der Waals surface area contributed by atoms with Gasteiger partial charge in [0.1, 0.15) is 13.2 Å². The Balaban J connectivity index is 4.29. The molecule has 0 N–H and O–H groups in total. The summed E-state index contributed by atoms with van der Waals surface area (Å²) >= 11 is 0. The molecule has 374 valence electrons. The van der Waals surface area contributed by atoms with E-state index in [-0.39, 0.29) is 31.1 Å². The average Bonchev–Trinajstić information content (AvgIpc) is 3.27. The van der Waals surface area contributed by atoms with E-state index in [0.717, 1.165) is 69.6 Å². The van der Waals surface area contributed by atoms with Crippen molar-refractivity contribution < 1.29 is 28.6 Å². The van der Waals surface area contributed by atoms with Crippen LogP contribution >= 0.6 is 0 Å². The summed E-state index contributed by atoms with van der Waals surface area (Å²) in [4.78, 5) is 38.1. The number of hydrogen-bond acceptors (Lipinski definition) is 6. The smallest absolute Gasteiger partial charge is 0.306 e. The third-order valence-corrected chi connectivity index (χ3v) is 13.3. The second-order valence-corrected chi connectivity index (χ2v) is 20.3. The van der Waals surface area contributed by atoms with Gasteiger partial charge in [-0.25, -0.2) is 0 Å². The first kappa shape index (κ1) is 61.4. The first-order chi connectivity index (χ1) is 30.8. The molecule has 0 fully saturated rings. The molecule has 0 aliphatic rings. The maximum atomic E-state index is 12.8. The van der Waals surface area contributed by atoms with Gasteiger partial charge in [0.05, 0.1) is 0 Å². The van der Waals surface area contributed by atoms with E-state index < -0.39 is 6.10 Å². The van der Waals surface area contributed by atoms with E-state index in [4.69, 9.17) is 14.2 Å². The zero-order chi connectivity index (χ0) is 46.1. The minimum Gasteiger partial charge on any atom is -0.462 e. The fourth-order valence-corrected chi connectivity index (χ4v) is 8.66. The molecule has 6 heteroatoms. The number of carbonyl (C=O) groups is 3. The van der Waals surface area contributed by atoms with Gasteiger partial charge in [0.25, 0.3) is 0 Å². The molecular weight excluding hydrogens is 781 g/mol. The van der Waals surface area contributed by atoms with E-state index in [2.05, 4.69) is 34.6 Å². The largest absolute Gasteiger partial charge is 0.462 e. The number of rotatable bonds is 51. The summed E-state index contributed by atoms with van der Waals surface area (Å²) in [5.41, 5.74) is 0. The monoisotopic (exact) mass is 891 g/mol. The van der Waals surface area contributed by atoms with Crippen molar-refractivity contribution in [2.45, 2.75) is 323 Å². The number of ether oxygens (including phenoxy) is 3. The average molecular weight is 892 g/mol. The van der Waals surface area contributed by atoms with Crippen LogP contribution in [0.25, 0.3) is 0 Å². The highest BCUT2D eigenvalue weighted by Crippen LogP contribution is 2.18.